The Kier molecular flexibility index (Phi) is 3.91. The maximum absolute atomic E-state index is 13.4. The lowest BCUT2D eigenvalue weighted by atomic mass is 10.2. The summed E-state index contributed by atoms with van der Waals surface area (Å²) in [5, 5.41) is 1.88. The lowest BCUT2D eigenvalue weighted by molar-refractivity contribution is 0.386. The van der Waals surface area contributed by atoms with Gasteiger partial charge in [-0.3, -0.25) is 4.21 Å². The molecule has 0 aliphatic heterocycles. The molecule has 17 heavy (non-hydrogen) atoms. The summed E-state index contributed by atoms with van der Waals surface area (Å²) in [6.07, 6.45) is 0. The van der Waals surface area contributed by atoms with Crippen LogP contribution in [0, 0.1) is 5.82 Å². The summed E-state index contributed by atoms with van der Waals surface area (Å²) in [6.45, 7) is 0. The van der Waals surface area contributed by atoms with Crippen molar-refractivity contribution < 1.29 is 13.3 Å². The average molecular weight is 270 g/mol. The Morgan fingerprint density at radius 1 is 1.41 bits per heavy atom. The monoisotopic (exact) mass is 270 g/mol. The molecule has 1 aromatic heterocycles. The van der Waals surface area contributed by atoms with Crippen molar-refractivity contribution in [2.75, 3.05) is 7.11 Å². The van der Waals surface area contributed by atoms with E-state index in [-0.39, 0.29) is 5.75 Å². The van der Waals surface area contributed by atoms with Gasteiger partial charge in [0.25, 0.3) is 0 Å². The van der Waals surface area contributed by atoms with E-state index in [9.17, 15) is 8.60 Å². The van der Waals surface area contributed by atoms with E-state index in [0.717, 1.165) is 4.21 Å². The zero-order valence-corrected chi connectivity index (χ0v) is 10.8. The highest BCUT2D eigenvalue weighted by Crippen LogP contribution is 2.21. The number of benzene rings is 1. The van der Waals surface area contributed by atoms with E-state index in [1.165, 1.54) is 24.5 Å². The molecule has 0 bridgehead atoms. The van der Waals surface area contributed by atoms with Gasteiger partial charge in [0.05, 0.1) is 27.9 Å². The van der Waals surface area contributed by atoms with Gasteiger partial charge in [-0.15, -0.1) is 11.3 Å². The lowest BCUT2D eigenvalue weighted by Gasteiger charge is -2.04. The van der Waals surface area contributed by atoms with E-state index in [1.54, 1.807) is 12.1 Å². The molecule has 1 heterocycles. The van der Waals surface area contributed by atoms with Crippen LogP contribution in [0.5, 0.6) is 5.75 Å². The number of thiophene rings is 1. The van der Waals surface area contributed by atoms with Gasteiger partial charge >= 0.3 is 0 Å². The van der Waals surface area contributed by atoms with E-state index in [4.69, 9.17) is 4.74 Å². The van der Waals surface area contributed by atoms with Crippen LogP contribution in [0.1, 0.15) is 5.56 Å². The molecule has 90 valence electrons. The van der Waals surface area contributed by atoms with Crippen molar-refractivity contribution in [1.29, 1.82) is 0 Å². The molecule has 0 amide bonds. The number of hydrogen-bond donors (Lipinski definition) is 0. The molecule has 0 saturated carbocycles. The van der Waals surface area contributed by atoms with Crippen LogP contribution in [-0.2, 0) is 16.6 Å². The van der Waals surface area contributed by atoms with Crippen molar-refractivity contribution in [1.82, 2.24) is 0 Å². The van der Waals surface area contributed by atoms with Crippen molar-refractivity contribution in [2.45, 2.75) is 9.96 Å². The number of hydrogen-bond acceptors (Lipinski definition) is 3. The maximum atomic E-state index is 13.4. The lowest BCUT2D eigenvalue weighted by Crippen LogP contribution is -1.96. The largest absolute Gasteiger partial charge is 0.494 e. The van der Waals surface area contributed by atoms with E-state index in [0.29, 0.717) is 11.3 Å². The summed E-state index contributed by atoms with van der Waals surface area (Å²) in [6, 6.07) is 8.32. The van der Waals surface area contributed by atoms with Crippen LogP contribution in [-0.4, -0.2) is 11.3 Å². The molecule has 0 aliphatic rings. The van der Waals surface area contributed by atoms with Crippen LogP contribution in [0.3, 0.4) is 0 Å². The second-order valence-electron chi connectivity index (χ2n) is 3.39. The highest BCUT2D eigenvalue weighted by Gasteiger charge is 2.09. The first-order valence-electron chi connectivity index (χ1n) is 4.95. The first-order chi connectivity index (χ1) is 8.20. The molecule has 1 atom stereocenters. The summed E-state index contributed by atoms with van der Waals surface area (Å²) in [4.78, 5) is 0. The summed E-state index contributed by atoms with van der Waals surface area (Å²) < 4.78 is 31.0. The fourth-order valence-corrected chi connectivity index (χ4v) is 3.49. The maximum Gasteiger partial charge on any atom is 0.165 e. The fourth-order valence-electron chi connectivity index (χ4n) is 1.42. The fraction of sp³-hybridized carbons (Fsp3) is 0.167. The first-order valence-corrected chi connectivity index (χ1v) is 7.15. The highest BCUT2D eigenvalue weighted by molar-refractivity contribution is 7.86. The van der Waals surface area contributed by atoms with Gasteiger partial charge < -0.3 is 4.74 Å². The Balaban J connectivity index is 2.14. The molecular weight excluding hydrogens is 259 g/mol. The molecule has 0 radical (unpaired) electrons. The van der Waals surface area contributed by atoms with Gasteiger partial charge in [0.2, 0.25) is 0 Å². The van der Waals surface area contributed by atoms with E-state index in [1.807, 2.05) is 17.5 Å². The molecule has 5 heteroatoms. The van der Waals surface area contributed by atoms with Crippen molar-refractivity contribution in [3.63, 3.8) is 0 Å². The van der Waals surface area contributed by atoms with Crippen molar-refractivity contribution in [3.8, 4) is 5.75 Å². The van der Waals surface area contributed by atoms with Gasteiger partial charge in [-0.1, -0.05) is 12.1 Å². The molecular formula is C12H11FO2S2. The normalized spacial score (nSPS) is 12.4. The Labute approximate surface area is 106 Å². The van der Waals surface area contributed by atoms with E-state index < -0.39 is 16.6 Å². The molecule has 1 aromatic carbocycles. The molecule has 0 unspecified atom stereocenters. The summed E-state index contributed by atoms with van der Waals surface area (Å²) in [7, 11) is 0.309. The Bertz CT molecular complexity index is 523. The Hall–Kier alpha value is -1.20. The van der Waals surface area contributed by atoms with Crippen LogP contribution in [0.25, 0.3) is 0 Å². The third-order valence-electron chi connectivity index (χ3n) is 2.23. The third kappa shape index (κ3) is 2.92. The van der Waals surface area contributed by atoms with Crippen LogP contribution >= 0.6 is 11.3 Å². The number of ether oxygens (including phenoxy) is 1. The number of halogens is 1. The quantitative estimate of drug-likeness (QED) is 0.852. The molecule has 2 nitrogen and oxygen atoms in total. The van der Waals surface area contributed by atoms with Crippen LogP contribution in [0.15, 0.2) is 39.9 Å². The summed E-state index contributed by atoms with van der Waals surface area (Å²) in [5.41, 5.74) is 0.704. The molecule has 0 N–H and O–H groups in total. The SMILES string of the molecule is COc1ccc(C[S@](=O)c2cccs2)cc1F. The summed E-state index contributed by atoms with van der Waals surface area (Å²) >= 11 is 1.44. The summed E-state index contributed by atoms with van der Waals surface area (Å²) in [5.74, 6) is 0.102. The standard InChI is InChI=1S/C12H11FO2S2/c1-15-11-5-4-9(7-10(11)13)8-17(14)12-3-2-6-16-12/h2-7H,8H2,1H3/t17-/m0/s1. The molecule has 0 fully saturated rings. The van der Waals surface area contributed by atoms with Gasteiger partial charge in [0.1, 0.15) is 0 Å². The third-order valence-corrected chi connectivity index (χ3v) is 4.92. The molecule has 2 aromatic rings. The Morgan fingerprint density at radius 2 is 2.24 bits per heavy atom. The highest BCUT2D eigenvalue weighted by atomic mass is 32.2. The van der Waals surface area contributed by atoms with Crippen LogP contribution in [0.2, 0.25) is 0 Å². The van der Waals surface area contributed by atoms with Crippen LogP contribution < -0.4 is 4.74 Å². The molecule has 0 saturated heterocycles. The smallest absolute Gasteiger partial charge is 0.165 e. The van der Waals surface area contributed by atoms with E-state index in [2.05, 4.69) is 0 Å². The minimum Gasteiger partial charge on any atom is -0.494 e. The zero-order valence-electron chi connectivity index (χ0n) is 9.18. The average Bonchev–Trinajstić information content (AvgIpc) is 2.82. The minimum absolute atomic E-state index is 0.204. The minimum atomic E-state index is -1.11. The molecule has 2 rings (SSSR count). The van der Waals surface area contributed by atoms with Gasteiger partial charge in [-0.05, 0) is 29.1 Å². The Morgan fingerprint density at radius 3 is 2.82 bits per heavy atom. The van der Waals surface area contributed by atoms with Crippen molar-refractivity contribution in [3.05, 3.63) is 47.1 Å². The number of rotatable bonds is 4. The predicted molar refractivity (Wildman–Crippen MR) is 67.4 cm³/mol. The van der Waals surface area contributed by atoms with Gasteiger partial charge in [0.15, 0.2) is 11.6 Å². The molecule has 0 spiro atoms. The second kappa shape index (κ2) is 5.42. The number of methoxy groups -OCH3 is 1. The van der Waals surface area contributed by atoms with Gasteiger partial charge in [-0.25, -0.2) is 4.39 Å². The van der Waals surface area contributed by atoms with Gasteiger partial charge in [0, 0.05) is 0 Å². The molecule has 0 aliphatic carbocycles. The predicted octanol–water partition coefficient (Wildman–Crippen LogP) is 3.20. The van der Waals surface area contributed by atoms with Gasteiger partial charge in [-0.2, -0.15) is 0 Å². The topological polar surface area (TPSA) is 26.3 Å². The second-order valence-corrected chi connectivity index (χ2v) is 6.02. The van der Waals surface area contributed by atoms with Crippen LogP contribution in [0.4, 0.5) is 4.39 Å². The van der Waals surface area contributed by atoms with Crippen molar-refractivity contribution in [2.24, 2.45) is 0 Å². The van der Waals surface area contributed by atoms with E-state index >= 15 is 0 Å². The van der Waals surface area contributed by atoms with Crippen molar-refractivity contribution >= 4 is 22.1 Å². The zero-order chi connectivity index (χ0) is 12.3. The first kappa shape index (κ1) is 12.3.